The summed E-state index contributed by atoms with van der Waals surface area (Å²) in [7, 11) is 0. The zero-order chi connectivity index (χ0) is 23.7. The Morgan fingerprint density at radius 2 is 1.68 bits per heavy atom. The summed E-state index contributed by atoms with van der Waals surface area (Å²) in [6.07, 6.45) is 0.922. The van der Waals surface area contributed by atoms with E-state index in [1.807, 2.05) is 48.5 Å². The number of benzene rings is 2. The normalized spacial score (nSPS) is 18.7. The molecule has 0 radical (unpaired) electrons. The molecule has 0 spiro atoms. The SMILES string of the molecule is O=C(Nc1nonc1C(=O)NC1CCCC1C(=O)O)OCC1c2ccccc2-c2ccccc21. The highest BCUT2D eigenvalue weighted by Gasteiger charge is 2.35. The summed E-state index contributed by atoms with van der Waals surface area (Å²) >= 11 is 0. The van der Waals surface area contributed by atoms with Crippen molar-refractivity contribution in [2.24, 2.45) is 5.92 Å². The average molecular weight is 462 g/mol. The van der Waals surface area contributed by atoms with Crippen LogP contribution in [0.2, 0.25) is 0 Å². The van der Waals surface area contributed by atoms with E-state index in [4.69, 9.17) is 4.74 Å². The first-order chi connectivity index (χ1) is 16.5. The number of carbonyl (C=O) groups is 3. The van der Waals surface area contributed by atoms with Crippen LogP contribution in [0.15, 0.2) is 53.2 Å². The molecule has 2 aromatic carbocycles. The van der Waals surface area contributed by atoms with E-state index in [0.29, 0.717) is 19.3 Å². The Labute approximate surface area is 194 Å². The smallest absolute Gasteiger partial charge is 0.412 e. The predicted octanol–water partition coefficient (Wildman–Crippen LogP) is 3.41. The second-order valence-electron chi connectivity index (χ2n) is 8.37. The molecule has 2 aliphatic rings. The van der Waals surface area contributed by atoms with Crippen LogP contribution in [0.3, 0.4) is 0 Å². The molecule has 3 N–H and O–H groups in total. The number of rotatable bonds is 6. The topological polar surface area (TPSA) is 144 Å². The van der Waals surface area contributed by atoms with Crippen molar-refractivity contribution in [3.05, 3.63) is 65.4 Å². The molecule has 2 atom stereocenters. The van der Waals surface area contributed by atoms with Gasteiger partial charge in [-0.05, 0) is 45.4 Å². The van der Waals surface area contributed by atoms with Crippen molar-refractivity contribution in [2.75, 3.05) is 11.9 Å². The van der Waals surface area contributed by atoms with E-state index in [1.54, 1.807) is 0 Å². The maximum absolute atomic E-state index is 12.6. The summed E-state index contributed by atoms with van der Waals surface area (Å²) in [6.45, 7) is 0.0923. The molecule has 1 fully saturated rings. The van der Waals surface area contributed by atoms with Crippen molar-refractivity contribution < 1.29 is 28.9 Å². The van der Waals surface area contributed by atoms with E-state index in [-0.39, 0.29) is 24.0 Å². The van der Waals surface area contributed by atoms with Crippen molar-refractivity contribution in [2.45, 2.75) is 31.2 Å². The summed E-state index contributed by atoms with van der Waals surface area (Å²) in [5.74, 6) is -2.61. The molecule has 3 aromatic rings. The summed E-state index contributed by atoms with van der Waals surface area (Å²) in [5, 5.41) is 21.5. The van der Waals surface area contributed by atoms with Crippen LogP contribution in [0.5, 0.6) is 0 Å². The minimum atomic E-state index is -0.960. The fourth-order valence-corrected chi connectivity index (χ4v) is 4.82. The van der Waals surface area contributed by atoms with Gasteiger partial charge < -0.3 is 15.2 Å². The summed E-state index contributed by atoms with van der Waals surface area (Å²) in [6, 6.07) is 15.4. The van der Waals surface area contributed by atoms with E-state index in [2.05, 4.69) is 25.6 Å². The van der Waals surface area contributed by atoms with Gasteiger partial charge in [0.15, 0.2) is 0 Å². The van der Waals surface area contributed by atoms with Crippen LogP contribution >= 0.6 is 0 Å². The number of carboxylic acid groups (broad SMARTS) is 1. The molecule has 0 bridgehead atoms. The molecule has 1 heterocycles. The minimum absolute atomic E-state index is 0.0923. The van der Waals surface area contributed by atoms with Crippen LogP contribution in [0.25, 0.3) is 11.1 Å². The zero-order valence-corrected chi connectivity index (χ0v) is 18.1. The number of hydrogen-bond donors (Lipinski definition) is 3. The second kappa shape index (κ2) is 8.97. The highest BCUT2D eigenvalue weighted by molar-refractivity contribution is 6.00. The minimum Gasteiger partial charge on any atom is -0.481 e. The van der Waals surface area contributed by atoms with Gasteiger partial charge in [-0.1, -0.05) is 55.0 Å². The number of aromatic nitrogens is 2. The Morgan fingerprint density at radius 3 is 2.35 bits per heavy atom. The highest BCUT2D eigenvalue weighted by atomic mass is 16.6. The lowest BCUT2D eigenvalue weighted by Gasteiger charge is -2.17. The number of nitrogens with zero attached hydrogens (tertiary/aromatic N) is 2. The van der Waals surface area contributed by atoms with Crippen molar-refractivity contribution in [3.63, 3.8) is 0 Å². The number of aliphatic carboxylic acids is 1. The molecule has 0 aliphatic heterocycles. The third kappa shape index (κ3) is 3.98. The molecular formula is C24H22N4O6. The van der Waals surface area contributed by atoms with Gasteiger partial charge in [0.2, 0.25) is 11.5 Å². The monoisotopic (exact) mass is 462 g/mol. The number of fused-ring (bicyclic) bond motifs is 3. The van der Waals surface area contributed by atoms with E-state index in [1.165, 1.54) is 0 Å². The molecule has 2 unspecified atom stereocenters. The number of carboxylic acids is 1. The molecule has 1 aromatic heterocycles. The molecule has 0 saturated heterocycles. The first-order valence-corrected chi connectivity index (χ1v) is 11.0. The lowest BCUT2D eigenvalue weighted by Crippen LogP contribution is -2.40. The van der Waals surface area contributed by atoms with Crippen LogP contribution in [-0.2, 0) is 9.53 Å². The van der Waals surface area contributed by atoms with Gasteiger partial charge in [-0.15, -0.1) is 0 Å². The van der Waals surface area contributed by atoms with Gasteiger partial charge in [0, 0.05) is 12.0 Å². The largest absolute Gasteiger partial charge is 0.481 e. The molecule has 5 rings (SSSR count). The molecule has 10 nitrogen and oxygen atoms in total. The lowest BCUT2D eigenvalue weighted by atomic mass is 9.98. The number of amides is 2. The van der Waals surface area contributed by atoms with E-state index >= 15 is 0 Å². The van der Waals surface area contributed by atoms with E-state index in [9.17, 15) is 19.5 Å². The third-order valence-corrected chi connectivity index (χ3v) is 6.42. The van der Waals surface area contributed by atoms with Crippen LogP contribution in [0.4, 0.5) is 10.6 Å². The van der Waals surface area contributed by atoms with E-state index < -0.39 is 29.9 Å². The Hall–Kier alpha value is -4.21. The van der Waals surface area contributed by atoms with Crippen molar-refractivity contribution >= 4 is 23.8 Å². The zero-order valence-electron chi connectivity index (χ0n) is 18.1. The predicted molar refractivity (Wildman–Crippen MR) is 119 cm³/mol. The number of anilines is 1. The summed E-state index contributed by atoms with van der Waals surface area (Å²) in [4.78, 5) is 36.5. The highest BCUT2D eigenvalue weighted by Crippen LogP contribution is 2.44. The van der Waals surface area contributed by atoms with Crippen LogP contribution in [0.1, 0.15) is 46.8 Å². The molecule has 2 amide bonds. The van der Waals surface area contributed by atoms with Gasteiger partial charge in [0.05, 0.1) is 5.92 Å². The van der Waals surface area contributed by atoms with Crippen molar-refractivity contribution in [3.8, 4) is 11.1 Å². The van der Waals surface area contributed by atoms with Gasteiger partial charge in [-0.25, -0.2) is 9.42 Å². The third-order valence-electron chi connectivity index (χ3n) is 6.42. The summed E-state index contributed by atoms with van der Waals surface area (Å²) < 4.78 is 10.1. The average Bonchev–Trinajstić information content (AvgIpc) is 3.55. The maximum Gasteiger partial charge on any atom is 0.412 e. The molecular weight excluding hydrogens is 440 g/mol. The summed E-state index contributed by atoms with van der Waals surface area (Å²) in [5.41, 5.74) is 4.12. The fourth-order valence-electron chi connectivity index (χ4n) is 4.82. The fraction of sp³-hybridized carbons (Fsp3) is 0.292. The molecule has 34 heavy (non-hydrogen) atoms. The molecule has 10 heteroatoms. The van der Waals surface area contributed by atoms with Crippen molar-refractivity contribution in [1.29, 1.82) is 0 Å². The second-order valence-corrected chi connectivity index (χ2v) is 8.37. The van der Waals surface area contributed by atoms with Gasteiger partial charge in [-0.2, -0.15) is 0 Å². The Morgan fingerprint density at radius 1 is 1.00 bits per heavy atom. The molecule has 1 saturated carbocycles. The van der Waals surface area contributed by atoms with Crippen LogP contribution in [-0.4, -0.2) is 46.0 Å². The number of nitrogens with one attached hydrogen (secondary N) is 2. The number of carbonyl (C=O) groups excluding carboxylic acids is 2. The molecule has 174 valence electrons. The first kappa shape index (κ1) is 21.6. The van der Waals surface area contributed by atoms with Crippen molar-refractivity contribution in [1.82, 2.24) is 15.6 Å². The van der Waals surface area contributed by atoms with Crippen LogP contribution in [0, 0.1) is 5.92 Å². The number of ether oxygens (including phenoxy) is 1. The standard InChI is InChI=1S/C24H22N4O6/c29-22(25-19-11-5-10-17(19)23(30)31)20-21(28-34-27-20)26-24(32)33-12-18-15-8-3-1-6-13(15)14-7-2-4-9-16(14)18/h1-4,6-9,17-19H,5,10-12H2,(H,25,29)(H,30,31)(H,26,28,32). The lowest BCUT2D eigenvalue weighted by molar-refractivity contribution is -0.142. The van der Waals surface area contributed by atoms with Crippen LogP contribution < -0.4 is 10.6 Å². The molecule has 2 aliphatic carbocycles. The Kier molecular flexibility index (Phi) is 5.70. The van der Waals surface area contributed by atoms with Gasteiger partial charge >= 0.3 is 12.1 Å². The quantitative estimate of drug-likeness (QED) is 0.506. The van der Waals surface area contributed by atoms with E-state index in [0.717, 1.165) is 22.3 Å². The Balaban J connectivity index is 1.23. The van der Waals surface area contributed by atoms with Gasteiger partial charge in [0.25, 0.3) is 5.91 Å². The maximum atomic E-state index is 12.6. The first-order valence-electron chi connectivity index (χ1n) is 11.0. The van der Waals surface area contributed by atoms with Gasteiger partial charge in [0.1, 0.15) is 6.61 Å². The Bertz CT molecular complexity index is 1210. The van der Waals surface area contributed by atoms with Gasteiger partial charge in [-0.3, -0.25) is 14.9 Å². The number of hydrogen-bond acceptors (Lipinski definition) is 7.